The molecule has 0 atom stereocenters. The van der Waals surface area contributed by atoms with Gasteiger partial charge in [-0.15, -0.1) is 0 Å². The lowest BCUT2D eigenvalue weighted by Gasteiger charge is -2.41. The van der Waals surface area contributed by atoms with E-state index in [0.29, 0.717) is 57.5 Å². The second-order valence-corrected chi connectivity index (χ2v) is 11.1. The summed E-state index contributed by atoms with van der Waals surface area (Å²) in [5.41, 5.74) is -3.36. The Balaban J connectivity index is 1.26. The SMILES string of the molecule is CC(C)(OC1CCC(Nc2ccc([N+](=O)[O-])c(C(F)(F)F)c2)CC1)C(=O)N1CCN(c2ccc(C(F)(F)F)cc2)CC1. The maximum Gasteiger partial charge on any atom is 0.423 e. The molecule has 1 N–H and O–H groups in total. The average Bonchev–Trinajstić information content (AvgIpc) is 2.92. The van der Waals surface area contributed by atoms with Gasteiger partial charge in [0.05, 0.1) is 16.6 Å². The van der Waals surface area contributed by atoms with Crippen LogP contribution in [0.3, 0.4) is 0 Å². The molecule has 2 fully saturated rings. The lowest BCUT2D eigenvalue weighted by Crippen LogP contribution is -2.55. The van der Waals surface area contributed by atoms with E-state index < -0.39 is 39.7 Å². The zero-order valence-electron chi connectivity index (χ0n) is 23.1. The number of rotatable bonds is 7. The summed E-state index contributed by atoms with van der Waals surface area (Å²) < 4.78 is 84.6. The molecule has 2 aromatic rings. The van der Waals surface area contributed by atoms with Crippen LogP contribution in [0, 0.1) is 10.1 Å². The first kappa shape index (κ1) is 31.4. The van der Waals surface area contributed by atoms with Crippen molar-refractivity contribution in [3.05, 3.63) is 63.7 Å². The number of carbonyl (C=O) groups excluding carboxylic acids is 1. The van der Waals surface area contributed by atoms with E-state index >= 15 is 0 Å². The smallest absolute Gasteiger partial charge is 0.382 e. The molecule has 0 unspecified atom stereocenters. The number of amides is 1. The van der Waals surface area contributed by atoms with E-state index in [4.69, 9.17) is 4.74 Å². The summed E-state index contributed by atoms with van der Waals surface area (Å²) in [5.74, 6) is -0.194. The number of piperazine rings is 1. The van der Waals surface area contributed by atoms with Crippen LogP contribution in [0.25, 0.3) is 0 Å². The van der Waals surface area contributed by atoms with Crippen molar-refractivity contribution < 1.29 is 40.8 Å². The van der Waals surface area contributed by atoms with E-state index in [2.05, 4.69) is 5.32 Å². The third kappa shape index (κ3) is 7.44. The number of halogens is 6. The average molecular weight is 603 g/mol. The predicted octanol–water partition coefficient (Wildman–Crippen LogP) is 6.50. The normalized spacial score (nSPS) is 20.4. The van der Waals surface area contributed by atoms with Crippen molar-refractivity contribution in [2.24, 2.45) is 0 Å². The topological polar surface area (TPSA) is 87.9 Å². The van der Waals surface area contributed by atoms with Gasteiger partial charge in [0.2, 0.25) is 0 Å². The summed E-state index contributed by atoms with van der Waals surface area (Å²) >= 11 is 0. The fraction of sp³-hybridized carbons (Fsp3) is 0.536. The number of nitrogens with one attached hydrogen (secondary N) is 1. The Labute approximate surface area is 238 Å². The van der Waals surface area contributed by atoms with Gasteiger partial charge >= 0.3 is 12.4 Å². The van der Waals surface area contributed by atoms with Crippen LogP contribution in [-0.4, -0.2) is 59.7 Å². The highest BCUT2D eigenvalue weighted by Gasteiger charge is 2.40. The minimum absolute atomic E-state index is 0.142. The first-order chi connectivity index (χ1) is 19.5. The first-order valence-corrected chi connectivity index (χ1v) is 13.6. The van der Waals surface area contributed by atoms with Gasteiger partial charge in [0.25, 0.3) is 11.6 Å². The summed E-state index contributed by atoms with van der Waals surface area (Å²) in [6.45, 7) is 5.08. The van der Waals surface area contributed by atoms with Crippen LogP contribution >= 0.6 is 0 Å². The molecule has 4 rings (SSSR count). The molecule has 230 valence electrons. The van der Waals surface area contributed by atoms with Crippen LogP contribution < -0.4 is 10.2 Å². The molecule has 8 nitrogen and oxygen atoms in total. The molecule has 1 saturated carbocycles. The largest absolute Gasteiger partial charge is 0.423 e. The molecule has 1 aliphatic heterocycles. The van der Waals surface area contributed by atoms with Crippen molar-refractivity contribution in [3.8, 4) is 0 Å². The maximum absolute atomic E-state index is 13.3. The number of hydrogen-bond acceptors (Lipinski definition) is 6. The second kappa shape index (κ2) is 12.0. The van der Waals surface area contributed by atoms with Gasteiger partial charge in [0, 0.05) is 49.7 Å². The lowest BCUT2D eigenvalue weighted by molar-refractivity contribution is -0.388. The Hall–Kier alpha value is -3.55. The second-order valence-electron chi connectivity index (χ2n) is 11.1. The van der Waals surface area contributed by atoms with Crippen molar-refractivity contribution >= 4 is 23.0 Å². The van der Waals surface area contributed by atoms with Crippen molar-refractivity contribution in [3.63, 3.8) is 0 Å². The number of alkyl halides is 6. The Morgan fingerprint density at radius 1 is 0.905 bits per heavy atom. The molecule has 0 spiro atoms. The van der Waals surface area contributed by atoms with E-state index in [1.165, 1.54) is 18.2 Å². The Kier molecular flexibility index (Phi) is 8.95. The number of ether oxygens (including phenoxy) is 1. The number of benzene rings is 2. The molecule has 0 bridgehead atoms. The number of nitro benzene ring substituents is 1. The van der Waals surface area contributed by atoms with E-state index in [0.717, 1.165) is 24.3 Å². The maximum atomic E-state index is 13.3. The molecule has 1 amide bonds. The monoisotopic (exact) mass is 602 g/mol. The van der Waals surface area contributed by atoms with Gasteiger partial charge in [-0.05, 0) is 75.9 Å². The molecular formula is C28H32F6N4O4. The molecule has 42 heavy (non-hydrogen) atoms. The Morgan fingerprint density at radius 3 is 2.02 bits per heavy atom. The summed E-state index contributed by atoms with van der Waals surface area (Å²) in [4.78, 5) is 26.8. The minimum Gasteiger partial charge on any atom is -0.382 e. The summed E-state index contributed by atoms with van der Waals surface area (Å²) in [6.07, 6.45) is -7.24. The van der Waals surface area contributed by atoms with Gasteiger partial charge in [-0.2, -0.15) is 26.3 Å². The quantitative estimate of drug-likeness (QED) is 0.221. The van der Waals surface area contributed by atoms with Crippen LogP contribution in [0.15, 0.2) is 42.5 Å². The number of carbonyl (C=O) groups is 1. The summed E-state index contributed by atoms with van der Waals surface area (Å²) in [7, 11) is 0. The van der Waals surface area contributed by atoms with Crippen LogP contribution in [0.4, 0.5) is 43.4 Å². The molecule has 1 saturated heterocycles. The molecular weight excluding hydrogens is 570 g/mol. The number of anilines is 2. The number of nitrogens with zero attached hydrogens (tertiary/aromatic N) is 3. The molecule has 1 aliphatic carbocycles. The Morgan fingerprint density at radius 2 is 1.50 bits per heavy atom. The van der Waals surface area contributed by atoms with Crippen LogP contribution in [-0.2, 0) is 21.9 Å². The molecule has 0 radical (unpaired) electrons. The Bertz CT molecular complexity index is 1270. The zero-order chi connectivity index (χ0) is 30.9. The van der Waals surface area contributed by atoms with E-state index in [9.17, 15) is 41.3 Å². The zero-order valence-corrected chi connectivity index (χ0v) is 23.1. The fourth-order valence-corrected chi connectivity index (χ4v) is 5.45. The van der Waals surface area contributed by atoms with E-state index in [1.54, 1.807) is 18.7 Å². The third-order valence-corrected chi connectivity index (χ3v) is 7.65. The van der Waals surface area contributed by atoms with Gasteiger partial charge < -0.3 is 19.9 Å². The first-order valence-electron chi connectivity index (χ1n) is 13.6. The lowest BCUT2D eigenvalue weighted by atomic mass is 9.92. The molecule has 2 aromatic carbocycles. The van der Waals surface area contributed by atoms with Crippen molar-refractivity contribution in [2.75, 3.05) is 36.4 Å². The van der Waals surface area contributed by atoms with E-state index in [-0.39, 0.29) is 23.7 Å². The van der Waals surface area contributed by atoms with Crippen LogP contribution in [0.5, 0.6) is 0 Å². The van der Waals surface area contributed by atoms with Gasteiger partial charge in [-0.3, -0.25) is 14.9 Å². The molecule has 1 heterocycles. The van der Waals surface area contributed by atoms with Gasteiger partial charge in [0.1, 0.15) is 11.2 Å². The van der Waals surface area contributed by atoms with E-state index in [1.807, 2.05) is 4.90 Å². The fourth-order valence-electron chi connectivity index (χ4n) is 5.45. The van der Waals surface area contributed by atoms with Crippen molar-refractivity contribution in [1.82, 2.24) is 4.90 Å². The van der Waals surface area contributed by atoms with Gasteiger partial charge in [-0.25, -0.2) is 0 Å². The number of hydrogen-bond donors (Lipinski definition) is 1. The standard InChI is InChI=1S/C28H32F6N4O4/c1-26(2,25(39)37-15-13-36(14-16-37)21-8-3-18(4-9-21)27(29,30)31)42-22-10-5-19(6-11-22)35-20-7-12-24(38(40)41)23(17-20)28(32,33)34/h3-4,7-9,12,17,19,22,35H,5-6,10-11,13-16H2,1-2H3. The number of nitro groups is 1. The highest BCUT2D eigenvalue weighted by Crippen LogP contribution is 2.38. The minimum atomic E-state index is -4.86. The molecule has 14 heteroatoms. The highest BCUT2D eigenvalue weighted by atomic mass is 19.4. The van der Waals surface area contributed by atoms with Crippen molar-refractivity contribution in [1.29, 1.82) is 0 Å². The van der Waals surface area contributed by atoms with Crippen LogP contribution in [0.2, 0.25) is 0 Å². The van der Waals surface area contributed by atoms with Crippen molar-refractivity contribution in [2.45, 2.75) is 69.6 Å². The summed E-state index contributed by atoms with van der Waals surface area (Å²) in [6, 6.07) is 7.63. The van der Waals surface area contributed by atoms with Gasteiger partial charge in [0.15, 0.2) is 0 Å². The summed E-state index contributed by atoms with van der Waals surface area (Å²) in [5, 5.41) is 14.0. The molecule has 2 aliphatic rings. The third-order valence-electron chi connectivity index (χ3n) is 7.65. The van der Waals surface area contributed by atoms with Crippen LogP contribution in [0.1, 0.15) is 50.7 Å². The van der Waals surface area contributed by atoms with Gasteiger partial charge in [-0.1, -0.05) is 0 Å². The molecule has 0 aromatic heterocycles. The highest BCUT2D eigenvalue weighted by molar-refractivity contribution is 5.84. The predicted molar refractivity (Wildman–Crippen MR) is 143 cm³/mol.